The SMILES string of the molecule is CCOC(=O)c1ccc(NC(=O)N(C)Cc2ccco2)cc1. The fraction of sp³-hybridized carbons (Fsp3) is 0.250. The van der Waals surface area contributed by atoms with E-state index in [1.165, 1.54) is 4.90 Å². The number of nitrogens with one attached hydrogen (secondary N) is 1. The Hall–Kier alpha value is -2.76. The van der Waals surface area contributed by atoms with Gasteiger partial charge in [-0.1, -0.05) is 0 Å². The van der Waals surface area contributed by atoms with E-state index in [9.17, 15) is 9.59 Å². The lowest BCUT2D eigenvalue weighted by Crippen LogP contribution is -2.30. The number of anilines is 1. The number of ether oxygens (including phenoxy) is 1. The summed E-state index contributed by atoms with van der Waals surface area (Å²) in [5, 5.41) is 2.75. The predicted molar refractivity (Wildman–Crippen MR) is 81.6 cm³/mol. The smallest absolute Gasteiger partial charge is 0.338 e. The van der Waals surface area contributed by atoms with Crippen LogP contribution in [0.5, 0.6) is 0 Å². The van der Waals surface area contributed by atoms with Crippen LogP contribution >= 0.6 is 0 Å². The van der Waals surface area contributed by atoms with Crippen LogP contribution in [-0.4, -0.2) is 30.6 Å². The molecule has 22 heavy (non-hydrogen) atoms. The first-order valence-corrected chi connectivity index (χ1v) is 6.92. The molecule has 1 aromatic carbocycles. The lowest BCUT2D eigenvalue weighted by Gasteiger charge is -2.16. The van der Waals surface area contributed by atoms with Gasteiger partial charge in [-0.25, -0.2) is 9.59 Å². The second-order valence-corrected chi connectivity index (χ2v) is 4.66. The van der Waals surface area contributed by atoms with Crippen LogP contribution in [0, 0.1) is 0 Å². The van der Waals surface area contributed by atoms with E-state index in [2.05, 4.69) is 5.32 Å². The maximum atomic E-state index is 12.0. The molecule has 0 radical (unpaired) electrons. The molecule has 2 amide bonds. The number of rotatable bonds is 5. The highest BCUT2D eigenvalue weighted by Gasteiger charge is 2.11. The van der Waals surface area contributed by atoms with Gasteiger partial charge < -0.3 is 19.4 Å². The molecule has 0 aliphatic rings. The van der Waals surface area contributed by atoms with Crippen LogP contribution < -0.4 is 5.32 Å². The summed E-state index contributed by atoms with van der Waals surface area (Å²) in [6, 6.07) is 9.85. The van der Waals surface area contributed by atoms with E-state index >= 15 is 0 Å². The predicted octanol–water partition coefficient (Wildman–Crippen LogP) is 3.12. The zero-order valence-electron chi connectivity index (χ0n) is 12.5. The van der Waals surface area contributed by atoms with Crippen molar-refractivity contribution in [3.8, 4) is 0 Å². The van der Waals surface area contributed by atoms with E-state index in [-0.39, 0.29) is 12.0 Å². The number of carbonyl (C=O) groups excluding carboxylic acids is 2. The second kappa shape index (κ2) is 7.31. The van der Waals surface area contributed by atoms with Crippen molar-refractivity contribution in [1.82, 2.24) is 4.90 Å². The minimum Gasteiger partial charge on any atom is -0.467 e. The molecule has 0 atom stereocenters. The van der Waals surface area contributed by atoms with Crippen molar-refractivity contribution < 1.29 is 18.7 Å². The van der Waals surface area contributed by atoms with Crippen molar-refractivity contribution in [3.05, 3.63) is 54.0 Å². The summed E-state index contributed by atoms with van der Waals surface area (Å²) in [5.41, 5.74) is 1.05. The molecule has 0 unspecified atom stereocenters. The van der Waals surface area contributed by atoms with Crippen LogP contribution in [-0.2, 0) is 11.3 Å². The quantitative estimate of drug-likeness (QED) is 0.861. The van der Waals surface area contributed by atoms with Crippen molar-refractivity contribution >= 4 is 17.7 Å². The molecule has 1 heterocycles. The molecule has 116 valence electrons. The standard InChI is InChI=1S/C16H18N2O4/c1-3-21-15(19)12-6-8-13(9-7-12)17-16(20)18(2)11-14-5-4-10-22-14/h4-10H,3,11H2,1-2H3,(H,17,20). The van der Waals surface area contributed by atoms with Crippen LogP contribution in [0.1, 0.15) is 23.0 Å². The van der Waals surface area contributed by atoms with Gasteiger partial charge in [0, 0.05) is 12.7 Å². The largest absolute Gasteiger partial charge is 0.467 e. The molecule has 0 aliphatic heterocycles. The fourth-order valence-electron chi connectivity index (χ4n) is 1.83. The Labute approximate surface area is 128 Å². The summed E-state index contributed by atoms with van der Waals surface area (Å²) in [5.74, 6) is 0.325. The highest BCUT2D eigenvalue weighted by molar-refractivity contribution is 5.92. The Morgan fingerprint density at radius 1 is 1.23 bits per heavy atom. The molecule has 1 aromatic heterocycles. The lowest BCUT2D eigenvalue weighted by atomic mass is 10.2. The Kier molecular flexibility index (Phi) is 5.19. The molecule has 0 saturated carbocycles. The summed E-state index contributed by atoms with van der Waals surface area (Å²) >= 11 is 0. The number of urea groups is 1. The number of hydrogen-bond acceptors (Lipinski definition) is 4. The van der Waals surface area contributed by atoms with Gasteiger partial charge in [-0.05, 0) is 43.3 Å². The Bertz CT molecular complexity index is 620. The number of hydrogen-bond donors (Lipinski definition) is 1. The molecular formula is C16H18N2O4. The number of amides is 2. The average molecular weight is 302 g/mol. The van der Waals surface area contributed by atoms with Crippen molar-refractivity contribution in [2.24, 2.45) is 0 Å². The van der Waals surface area contributed by atoms with Crippen molar-refractivity contribution in [2.75, 3.05) is 19.0 Å². The van der Waals surface area contributed by atoms with Crippen molar-refractivity contribution in [3.63, 3.8) is 0 Å². The molecule has 6 heteroatoms. The molecule has 0 spiro atoms. The van der Waals surface area contributed by atoms with E-state index in [0.717, 1.165) is 0 Å². The van der Waals surface area contributed by atoms with Crippen molar-refractivity contribution in [1.29, 1.82) is 0 Å². The molecule has 2 aromatic rings. The van der Waals surface area contributed by atoms with Crippen LogP contribution in [0.4, 0.5) is 10.5 Å². The third-order valence-corrected chi connectivity index (χ3v) is 2.97. The van der Waals surface area contributed by atoms with Gasteiger partial charge in [-0.2, -0.15) is 0 Å². The molecule has 0 aliphatic carbocycles. The van der Waals surface area contributed by atoms with Gasteiger partial charge in [-0.3, -0.25) is 0 Å². The van der Waals surface area contributed by atoms with E-state index < -0.39 is 0 Å². The number of furan rings is 1. The lowest BCUT2D eigenvalue weighted by molar-refractivity contribution is 0.0526. The van der Waals surface area contributed by atoms with Crippen LogP contribution in [0.2, 0.25) is 0 Å². The van der Waals surface area contributed by atoms with Gasteiger partial charge in [0.2, 0.25) is 0 Å². The fourth-order valence-corrected chi connectivity index (χ4v) is 1.83. The zero-order chi connectivity index (χ0) is 15.9. The molecular weight excluding hydrogens is 284 g/mol. The highest BCUT2D eigenvalue weighted by Crippen LogP contribution is 2.12. The van der Waals surface area contributed by atoms with Crippen molar-refractivity contribution in [2.45, 2.75) is 13.5 Å². The van der Waals surface area contributed by atoms with E-state index in [1.54, 1.807) is 56.6 Å². The third kappa shape index (κ3) is 4.12. The summed E-state index contributed by atoms with van der Waals surface area (Å²) < 4.78 is 10.1. The van der Waals surface area contributed by atoms with Gasteiger partial charge in [0.05, 0.1) is 25.0 Å². The number of esters is 1. The van der Waals surface area contributed by atoms with Gasteiger partial charge in [0.15, 0.2) is 0 Å². The first kappa shape index (κ1) is 15.6. The summed E-state index contributed by atoms with van der Waals surface area (Å²) in [6.45, 7) is 2.45. The first-order chi connectivity index (χ1) is 10.6. The topological polar surface area (TPSA) is 71.8 Å². The molecule has 1 N–H and O–H groups in total. The Balaban J connectivity index is 1.92. The average Bonchev–Trinajstić information content (AvgIpc) is 3.01. The number of carbonyl (C=O) groups is 2. The normalized spacial score (nSPS) is 10.1. The minimum atomic E-state index is -0.379. The molecule has 0 saturated heterocycles. The van der Waals surface area contributed by atoms with Crippen LogP contribution in [0.25, 0.3) is 0 Å². The van der Waals surface area contributed by atoms with Gasteiger partial charge >= 0.3 is 12.0 Å². The van der Waals surface area contributed by atoms with E-state index in [0.29, 0.717) is 30.2 Å². The highest BCUT2D eigenvalue weighted by atomic mass is 16.5. The zero-order valence-corrected chi connectivity index (χ0v) is 12.5. The Morgan fingerprint density at radius 2 is 1.95 bits per heavy atom. The molecule has 0 fully saturated rings. The molecule has 0 bridgehead atoms. The number of benzene rings is 1. The minimum absolute atomic E-state index is 0.264. The first-order valence-electron chi connectivity index (χ1n) is 6.92. The van der Waals surface area contributed by atoms with Crippen LogP contribution in [0.3, 0.4) is 0 Å². The molecule has 6 nitrogen and oxygen atoms in total. The number of nitrogens with zero attached hydrogens (tertiary/aromatic N) is 1. The van der Waals surface area contributed by atoms with E-state index in [4.69, 9.17) is 9.15 Å². The summed E-state index contributed by atoms with van der Waals surface area (Å²) in [6.07, 6.45) is 1.56. The maximum Gasteiger partial charge on any atom is 0.338 e. The summed E-state index contributed by atoms with van der Waals surface area (Å²) in [4.78, 5) is 25.1. The third-order valence-electron chi connectivity index (χ3n) is 2.97. The van der Waals surface area contributed by atoms with Crippen LogP contribution in [0.15, 0.2) is 47.1 Å². The van der Waals surface area contributed by atoms with Gasteiger partial charge in [-0.15, -0.1) is 0 Å². The van der Waals surface area contributed by atoms with Gasteiger partial charge in [0.25, 0.3) is 0 Å². The molecule has 2 rings (SSSR count). The summed E-state index contributed by atoms with van der Waals surface area (Å²) in [7, 11) is 1.67. The van der Waals surface area contributed by atoms with E-state index in [1.807, 2.05) is 0 Å². The monoisotopic (exact) mass is 302 g/mol. The maximum absolute atomic E-state index is 12.0. The Morgan fingerprint density at radius 3 is 2.55 bits per heavy atom. The second-order valence-electron chi connectivity index (χ2n) is 4.66. The van der Waals surface area contributed by atoms with Gasteiger partial charge in [0.1, 0.15) is 5.76 Å².